The first kappa shape index (κ1) is 22.2. The second kappa shape index (κ2) is 10.0. The van der Waals surface area contributed by atoms with Crippen molar-refractivity contribution in [1.82, 2.24) is 5.48 Å². The number of hydrogen-bond donors (Lipinski definition) is 2. The number of hydrogen-bond acceptors (Lipinski definition) is 6. The Morgan fingerprint density at radius 1 is 1.19 bits per heavy atom. The molecule has 1 aliphatic carbocycles. The molecule has 0 bridgehead atoms. The van der Waals surface area contributed by atoms with E-state index in [9.17, 15) is 4.79 Å². The predicted molar refractivity (Wildman–Crippen MR) is 116 cm³/mol. The molecule has 0 saturated heterocycles. The molecule has 31 heavy (non-hydrogen) atoms. The number of methoxy groups -OCH3 is 2. The van der Waals surface area contributed by atoms with Gasteiger partial charge in [0.05, 0.1) is 32.2 Å². The first-order valence-corrected chi connectivity index (χ1v) is 9.96. The Morgan fingerprint density at radius 3 is 2.71 bits per heavy atom. The lowest BCUT2D eigenvalue weighted by atomic mass is 9.92. The normalized spacial score (nSPS) is 18.9. The molecule has 7 heteroatoms. The summed E-state index contributed by atoms with van der Waals surface area (Å²) in [4.78, 5) is 17.4. The average Bonchev–Trinajstić information content (AvgIpc) is 3.57. The average molecular weight is 422 g/mol. The number of nitrogens with one attached hydrogen (secondary N) is 2. The van der Waals surface area contributed by atoms with E-state index in [2.05, 4.69) is 17.3 Å². The van der Waals surface area contributed by atoms with Gasteiger partial charge in [-0.15, -0.1) is 0 Å². The monoisotopic (exact) mass is 422 g/mol. The van der Waals surface area contributed by atoms with Crippen LogP contribution in [0, 0.1) is 23.2 Å². The van der Waals surface area contributed by atoms with E-state index in [0.29, 0.717) is 18.8 Å². The molecule has 2 N–H and O–H groups in total. The summed E-state index contributed by atoms with van der Waals surface area (Å²) < 4.78 is 16.2. The summed E-state index contributed by atoms with van der Waals surface area (Å²) in [5.74, 6) is 6.72. The topological polar surface area (TPSA) is 89.9 Å². The van der Waals surface area contributed by atoms with Gasteiger partial charge in [0.25, 0.3) is 0 Å². The number of rotatable bonds is 8. The van der Waals surface area contributed by atoms with E-state index in [1.165, 1.54) is 7.11 Å². The Hall–Kier alpha value is -3.50. The van der Waals surface area contributed by atoms with Gasteiger partial charge in [-0.2, -0.15) is 0 Å². The van der Waals surface area contributed by atoms with Crippen LogP contribution in [0.5, 0.6) is 11.5 Å². The van der Waals surface area contributed by atoms with Crippen LogP contribution in [0.4, 0.5) is 0 Å². The smallest absolute Gasteiger partial charge is 0.248 e. The highest BCUT2D eigenvalue weighted by molar-refractivity contribution is 5.99. The summed E-state index contributed by atoms with van der Waals surface area (Å²) in [7, 11) is 3.05. The number of hydroxylamine groups is 1. The van der Waals surface area contributed by atoms with Crippen molar-refractivity contribution in [3.63, 3.8) is 0 Å². The number of amides is 1. The van der Waals surface area contributed by atoms with E-state index < -0.39 is 11.3 Å². The molecule has 2 atom stereocenters. The Bertz CT molecular complexity index is 1010. The molecule has 162 valence electrons. The molecule has 1 amide bonds. The number of carbonyl (C=O) groups is 1. The van der Waals surface area contributed by atoms with Gasteiger partial charge < -0.3 is 14.2 Å². The number of carbonyl (C=O) groups excluding carboxylic acids is 1. The summed E-state index contributed by atoms with van der Waals surface area (Å²) in [6, 6.07) is 14.8. The Kier molecular flexibility index (Phi) is 7.16. The largest absolute Gasteiger partial charge is 0.497 e. The lowest BCUT2D eigenvalue weighted by Gasteiger charge is -2.18. The number of benzene rings is 2. The highest BCUT2D eigenvalue weighted by atomic mass is 16.6. The van der Waals surface area contributed by atoms with Gasteiger partial charge in [0, 0.05) is 5.56 Å². The van der Waals surface area contributed by atoms with Gasteiger partial charge in [-0.25, -0.2) is 5.48 Å². The fourth-order valence-electron chi connectivity index (χ4n) is 3.50. The molecular formula is C24H26N2O5. The van der Waals surface area contributed by atoms with Crippen molar-refractivity contribution in [2.75, 3.05) is 27.4 Å². The van der Waals surface area contributed by atoms with Crippen LogP contribution in [0.15, 0.2) is 48.5 Å². The van der Waals surface area contributed by atoms with E-state index in [1.807, 2.05) is 48.5 Å². The molecule has 0 aromatic heterocycles. The summed E-state index contributed by atoms with van der Waals surface area (Å²) >= 11 is 0. The van der Waals surface area contributed by atoms with Gasteiger partial charge >= 0.3 is 0 Å². The fourth-order valence-corrected chi connectivity index (χ4v) is 3.50. The summed E-state index contributed by atoms with van der Waals surface area (Å²) in [5, 5.41) is 8.29. The molecule has 1 fully saturated rings. The van der Waals surface area contributed by atoms with E-state index in [0.717, 1.165) is 16.9 Å². The van der Waals surface area contributed by atoms with E-state index >= 15 is 0 Å². The molecule has 0 heterocycles. The lowest BCUT2D eigenvalue weighted by molar-refractivity contribution is -0.134. The van der Waals surface area contributed by atoms with Crippen LogP contribution in [0.3, 0.4) is 0 Å². The van der Waals surface area contributed by atoms with E-state index in [1.54, 1.807) is 14.0 Å². The predicted octanol–water partition coefficient (Wildman–Crippen LogP) is 3.07. The van der Waals surface area contributed by atoms with Gasteiger partial charge in [0.2, 0.25) is 5.91 Å². The first-order valence-electron chi connectivity index (χ1n) is 9.96. The van der Waals surface area contributed by atoms with Crippen LogP contribution in [0.25, 0.3) is 0 Å². The molecule has 0 unspecified atom stereocenters. The van der Waals surface area contributed by atoms with Crippen LogP contribution in [-0.2, 0) is 19.8 Å². The van der Waals surface area contributed by atoms with E-state index in [4.69, 9.17) is 24.5 Å². The minimum atomic E-state index is -0.818. The molecule has 0 aliphatic heterocycles. The Balaban J connectivity index is 1.71. The van der Waals surface area contributed by atoms with E-state index in [-0.39, 0.29) is 18.4 Å². The number of ether oxygens (including phenoxy) is 3. The second-order valence-corrected chi connectivity index (χ2v) is 7.01. The zero-order chi connectivity index (χ0) is 22.3. The highest BCUT2D eigenvalue weighted by Gasteiger charge is 2.63. The summed E-state index contributed by atoms with van der Waals surface area (Å²) in [6.45, 7) is 2.35. The molecule has 1 saturated carbocycles. The third-order valence-electron chi connectivity index (χ3n) is 5.17. The van der Waals surface area contributed by atoms with Gasteiger partial charge in [0.15, 0.2) is 5.90 Å². The van der Waals surface area contributed by atoms with Crippen LogP contribution in [0.1, 0.15) is 24.5 Å². The lowest BCUT2D eigenvalue weighted by Crippen LogP contribution is -2.32. The first-order chi connectivity index (χ1) is 15.0. The maximum atomic E-state index is 12.4. The zero-order valence-electron chi connectivity index (χ0n) is 17.9. The second-order valence-electron chi connectivity index (χ2n) is 7.01. The standard InChI is InChI=1S/C24H26N2O5/c1-4-31-26-22(27)21-16-24(21,23(25)29-3)18-10-6-12-20(15-18)30-13-7-9-17-8-5-11-19(14-17)28-2/h5-6,8,10-12,14-15,21,25H,4,13,16H2,1-3H3,(H,26,27)/t21-,24-/m0/s1. The van der Waals surface area contributed by atoms with Gasteiger partial charge in [0.1, 0.15) is 18.1 Å². The maximum Gasteiger partial charge on any atom is 0.248 e. The van der Waals surface area contributed by atoms with Crippen molar-refractivity contribution >= 4 is 11.8 Å². The minimum Gasteiger partial charge on any atom is -0.497 e. The summed E-state index contributed by atoms with van der Waals surface area (Å²) in [5.41, 5.74) is 3.24. The van der Waals surface area contributed by atoms with Crippen molar-refractivity contribution in [3.8, 4) is 23.3 Å². The van der Waals surface area contributed by atoms with Crippen LogP contribution in [0.2, 0.25) is 0 Å². The van der Waals surface area contributed by atoms with Crippen LogP contribution >= 0.6 is 0 Å². The highest BCUT2D eigenvalue weighted by Crippen LogP contribution is 2.55. The van der Waals surface area contributed by atoms with Crippen molar-refractivity contribution in [2.45, 2.75) is 18.8 Å². The van der Waals surface area contributed by atoms with Crippen LogP contribution < -0.4 is 15.0 Å². The summed E-state index contributed by atoms with van der Waals surface area (Å²) in [6.07, 6.45) is 0.470. The quantitative estimate of drug-likeness (QED) is 0.295. The third-order valence-corrected chi connectivity index (χ3v) is 5.17. The Labute approximate surface area is 182 Å². The van der Waals surface area contributed by atoms with Crippen molar-refractivity contribution in [1.29, 1.82) is 5.41 Å². The zero-order valence-corrected chi connectivity index (χ0v) is 17.9. The molecule has 0 radical (unpaired) electrons. The minimum absolute atomic E-state index is 0.0408. The SMILES string of the molecule is CCONC(=O)[C@@H]1C[C@]1(C(=N)OC)c1cccc(OCC#Cc2cccc(OC)c2)c1. The van der Waals surface area contributed by atoms with Crippen LogP contribution in [-0.4, -0.2) is 39.2 Å². The van der Waals surface area contributed by atoms with Gasteiger partial charge in [-0.05, 0) is 49.2 Å². The molecular weight excluding hydrogens is 396 g/mol. The van der Waals surface area contributed by atoms with Gasteiger partial charge in [-0.3, -0.25) is 15.0 Å². The molecule has 2 aromatic carbocycles. The molecule has 1 aliphatic rings. The third kappa shape index (κ3) is 4.98. The fraction of sp³-hybridized carbons (Fsp3) is 0.333. The molecule has 0 spiro atoms. The van der Waals surface area contributed by atoms with Crippen molar-refractivity contribution in [2.24, 2.45) is 5.92 Å². The van der Waals surface area contributed by atoms with Crippen molar-refractivity contribution in [3.05, 3.63) is 59.7 Å². The maximum absolute atomic E-state index is 12.4. The Morgan fingerprint density at radius 2 is 1.97 bits per heavy atom. The molecule has 2 aromatic rings. The van der Waals surface area contributed by atoms with Gasteiger partial charge in [-0.1, -0.05) is 30.0 Å². The molecule has 7 nitrogen and oxygen atoms in total. The van der Waals surface area contributed by atoms with Crippen molar-refractivity contribution < 1.29 is 23.8 Å². The molecule has 3 rings (SSSR count).